The number of esters is 2. The molecular formula is C44H74NO8+. The van der Waals surface area contributed by atoms with Gasteiger partial charge in [0.25, 0.3) is 6.29 Å². The van der Waals surface area contributed by atoms with E-state index in [1.807, 2.05) is 21.1 Å². The van der Waals surface area contributed by atoms with Crippen molar-refractivity contribution in [3.05, 3.63) is 72.9 Å². The molecule has 9 nitrogen and oxygen atoms in total. The second-order valence-corrected chi connectivity index (χ2v) is 14.2. The van der Waals surface area contributed by atoms with Crippen molar-refractivity contribution in [2.24, 2.45) is 0 Å². The number of hydrogen-bond donors (Lipinski definition) is 1. The third-order valence-corrected chi connectivity index (χ3v) is 7.98. The van der Waals surface area contributed by atoms with Gasteiger partial charge in [0.05, 0.1) is 34.4 Å². The summed E-state index contributed by atoms with van der Waals surface area (Å²) >= 11 is 0. The summed E-state index contributed by atoms with van der Waals surface area (Å²) < 4.78 is 22.5. The van der Waals surface area contributed by atoms with Gasteiger partial charge in [-0.2, -0.15) is 0 Å². The van der Waals surface area contributed by atoms with Crippen LogP contribution in [0.2, 0.25) is 0 Å². The number of carbonyl (C=O) groups excluding carboxylic acids is 2. The van der Waals surface area contributed by atoms with E-state index >= 15 is 0 Å². The fraction of sp³-hybridized carbons (Fsp3) is 0.659. The summed E-state index contributed by atoms with van der Waals surface area (Å²) in [7, 11) is 5.92. The highest BCUT2D eigenvalue weighted by molar-refractivity contribution is 5.71. The average molecular weight is 745 g/mol. The van der Waals surface area contributed by atoms with Crippen LogP contribution in [0.5, 0.6) is 0 Å². The molecule has 0 aliphatic carbocycles. The van der Waals surface area contributed by atoms with E-state index in [1.165, 1.54) is 25.7 Å². The minimum absolute atomic E-state index is 0.176. The van der Waals surface area contributed by atoms with Gasteiger partial charge in [0.2, 0.25) is 0 Å². The van der Waals surface area contributed by atoms with E-state index in [-0.39, 0.29) is 38.6 Å². The zero-order chi connectivity index (χ0) is 39.3. The van der Waals surface area contributed by atoms with Crippen molar-refractivity contribution in [3.8, 4) is 0 Å². The van der Waals surface area contributed by atoms with Crippen molar-refractivity contribution in [1.29, 1.82) is 0 Å². The van der Waals surface area contributed by atoms with E-state index < -0.39 is 24.3 Å². The summed E-state index contributed by atoms with van der Waals surface area (Å²) in [6, 6.07) is 0. The summed E-state index contributed by atoms with van der Waals surface area (Å²) in [5.41, 5.74) is 0. The van der Waals surface area contributed by atoms with Crippen molar-refractivity contribution in [2.45, 2.75) is 142 Å². The molecule has 302 valence electrons. The summed E-state index contributed by atoms with van der Waals surface area (Å²) in [5, 5.41) is 9.58. The number of ether oxygens (including phenoxy) is 4. The van der Waals surface area contributed by atoms with Crippen LogP contribution in [-0.4, -0.2) is 87.4 Å². The van der Waals surface area contributed by atoms with Crippen molar-refractivity contribution in [3.63, 3.8) is 0 Å². The predicted molar refractivity (Wildman–Crippen MR) is 216 cm³/mol. The fourth-order valence-corrected chi connectivity index (χ4v) is 4.84. The lowest BCUT2D eigenvalue weighted by Gasteiger charge is -2.25. The monoisotopic (exact) mass is 745 g/mol. The Morgan fingerprint density at radius 1 is 0.585 bits per heavy atom. The van der Waals surface area contributed by atoms with Gasteiger partial charge in [0.15, 0.2) is 6.10 Å². The Bertz CT molecular complexity index is 1100. The maximum Gasteiger partial charge on any atom is 0.361 e. The normalized spacial score (nSPS) is 13.8. The van der Waals surface area contributed by atoms with Crippen LogP contribution in [0, 0.1) is 0 Å². The number of aliphatic carboxylic acids is 1. The molecule has 0 spiro atoms. The number of hydrogen-bond acceptors (Lipinski definition) is 7. The van der Waals surface area contributed by atoms with Gasteiger partial charge in [-0.05, 0) is 64.2 Å². The van der Waals surface area contributed by atoms with Crippen LogP contribution >= 0.6 is 0 Å². The zero-order valence-corrected chi connectivity index (χ0v) is 33.9. The molecule has 2 unspecified atom stereocenters. The maximum atomic E-state index is 12.7. The van der Waals surface area contributed by atoms with Crippen molar-refractivity contribution >= 4 is 17.9 Å². The molecule has 0 heterocycles. The van der Waals surface area contributed by atoms with Gasteiger partial charge >= 0.3 is 17.9 Å². The van der Waals surface area contributed by atoms with E-state index in [4.69, 9.17) is 18.9 Å². The molecule has 0 aromatic carbocycles. The van der Waals surface area contributed by atoms with E-state index in [9.17, 15) is 19.5 Å². The number of carboxylic acids is 1. The van der Waals surface area contributed by atoms with Crippen LogP contribution in [0.3, 0.4) is 0 Å². The number of likely N-dealkylation sites (N-methyl/N-ethyl adjacent to an activating group) is 1. The van der Waals surface area contributed by atoms with Gasteiger partial charge in [-0.15, -0.1) is 0 Å². The molecule has 0 amide bonds. The van der Waals surface area contributed by atoms with Gasteiger partial charge in [0, 0.05) is 12.8 Å². The maximum absolute atomic E-state index is 12.7. The number of allylic oxidation sites excluding steroid dienone is 12. The fourth-order valence-electron chi connectivity index (χ4n) is 4.84. The Labute approximate surface area is 322 Å². The Morgan fingerprint density at radius 3 is 1.60 bits per heavy atom. The molecule has 0 aliphatic heterocycles. The van der Waals surface area contributed by atoms with Crippen LogP contribution in [0.1, 0.15) is 129 Å². The van der Waals surface area contributed by atoms with Crippen molar-refractivity contribution in [2.75, 3.05) is 47.5 Å². The molecule has 2 atom stereocenters. The third-order valence-electron chi connectivity index (χ3n) is 7.98. The molecule has 9 heteroatoms. The molecule has 0 bridgehead atoms. The standard InChI is InChI=1S/C44H73NO8/c1-6-8-10-12-14-15-16-17-18-19-20-21-22-23-24-25-26-27-29-31-33-35-42(47)53-40(38-51-41(46)34-32-30-28-13-11-9-7-2)39-52-44(43(48)49)50-37-36-45(3,4)5/h8,10,14-15,17-18,20-21,23-24,26-27,40,44H,6-7,9,11-13,16,19,22,25,28-39H2,1-5H3/p+1/b10-8-,15-14-,18-17-,21-20-,24-23-,27-26-. The van der Waals surface area contributed by atoms with Crippen LogP contribution < -0.4 is 0 Å². The first-order valence-corrected chi connectivity index (χ1v) is 20.1. The van der Waals surface area contributed by atoms with Crippen LogP contribution in [0.15, 0.2) is 72.9 Å². The number of carbonyl (C=O) groups is 3. The van der Waals surface area contributed by atoms with Gasteiger partial charge in [-0.25, -0.2) is 4.79 Å². The molecule has 0 fully saturated rings. The Kier molecular flexibility index (Phi) is 33.5. The zero-order valence-electron chi connectivity index (χ0n) is 33.9. The second kappa shape index (κ2) is 35.7. The minimum Gasteiger partial charge on any atom is -0.477 e. The van der Waals surface area contributed by atoms with Crippen molar-refractivity contribution < 1.29 is 42.9 Å². The van der Waals surface area contributed by atoms with Crippen LogP contribution in [-0.2, 0) is 33.3 Å². The number of quaternary nitrogens is 1. The molecular weight excluding hydrogens is 670 g/mol. The smallest absolute Gasteiger partial charge is 0.361 e. The lowest BCUT2D eigenvalue weighted by atomic mass is 10.1. The SMILES string of the molecule is CC/C=C\C/C=C\C/C=C\C/C=C\C/C=C\C/C=C\CCCCC(=O)OC(COC(=O)CCCCCCCCC)COC(OCC[N+](C)(C)C)C(=O)O. The minimum atomic E-state index is -1.52. The quantitative estimate of drug-likeness (QED) is 0.0225. The Hall–Kier alpha value is -3.27. The molecule has 0 aromatic rings. The lowest BCUT2D eigenvalue weighted by Crippen LogP contribution is -2.40. The topological polar surface area (TPSA) is 108 Å². The molecule has 0 saturated heterocycles. The molecule has 0 radical (unpaired) electrons. The second-order valence-electron chi connectivity index (χ2n) is 14.2. The molecule has 1 N–H and O–H groups in total. The van der Waals surface area contributed by atoms with E-state index in [0.29, 0.717) is 17.4 Å². The molecule has 0 saturated carbocycles. The Balaban J connectivity index is 4.52. The third kappa shape index (κ3) is 36.9. The first kappa shape index (κ1) is 49.7. The Morgan fingerprint density at radius 2 is 1.08 bits per heavy atom. The molecule has 0 rings (SSSR count). The number of carboxylic acid groups (broad SMARTS) is 1. The van der Waals surface area contributed by atoms with E-state index in [2.05, 4.69) is 86.8 Å². The first-order valence-electron chi connectivity index (χ1n) is 20.1. The number of unbranched alkanes of at least 4 members (excludes halogenated alkanes) is 8. The first-order chi connectivity index (χ1) is 25.6. The van der Waals surface area contributed by atoms with Crippen LogP contribution in [0.4, 0.5) is 0 Å². The highest BCUT2D eigenvalue weighted by Crippen LogP contribution is 2.11. The molecule has 0 aliphatic rings. The highest BCUT2D eigenvalue weighted by Gasteiger charge is 2.25. The van der Waals surface area contributed by atoms with E-state index in [1.54, 1.807) is 0 Å². The van der Waals surface area contributed by atoms with Gasteiger partial charge in [0.1, 0.15) is 13.2 Å². The van der Waals surface area contributed by atoms with Gasteiger partial charge in [-0.3, -0.25) is 9.59 Å². The van der Waals surface area contributed by atoms with Gasteiger partial charge in [-0.1, -0.05) is 125 Å². The number of rotatable bonds is 35. The summed E-state index contributed by atoms with van der Waals surface area (Å²) in [5.74, 6) is -2.09. The van der Waals surface area contributed by atoms with Crippen molar-refractivity contribution in [1.82, 2.24) is 0 Å². The van der Waals surface area contributed by atoms with E-state index in [0.717, 1.165) is 70.6 Å². The largest absolute Gasteiger partial charge is 0.477 e. The molecule has 0 aromatic heterocycles. The molecule has 53 heavy (non-hydrogen) atoms. The van der Waals surface area contributed by atoms with Crippen LogP contribution in [0.25, 0.3) is 0 Å². The highest BCUT2D eigenvalue weighted by atomic mass is 16.7. The summed E-state index contributed by atoms with van der Waals surface area (Å²) in [6.07, 6.45) is 39.9. The summed E-state index contributed by atoms with van der Waals surface area (Å²) in [4.78, 5) is 36.8. The number of nitrogens with zero attached hydrogens (tertiary/aromatic N) is 1. The lowest BCUT2D eigenvalue weighted by molar-refractivity contribution is -0.870. The van der Waals surface area contributed by atoms with Gasteiger partial charge < -0.3 is 28.5 Å². The summed E-state index contributed by atoms with van der Waals surface area (Å²) in [6.45, 7) is 4.62. The average Bonchev–Trinajstić information content (AvgIpc) is 3.11. The predicted octanol–water partition coefficient (Wildman–Crippen LogP) is 9.99.